The van der Waals surface area contributed by atoms with Crippen molar-refractivity contribution in [2.24, 2.45) is 17.3 Å². The topological polar surface area (TPSA) is 15.3 Å². The van der Waals surface area contributed by atoms with Crippen LogP contribution in [0.4, 0.5) is 0 Å². The van der Waals surface area contributed by atoms with Crippen LogP contribution in [0.1, 0.15) is 52.9 Å². The average molecular weight is 254 g/mol. The van der Waals surface area contributed by atoms with Gasteiger partial charge in [0, 0.05) is 0 Å². The van der Waals surface area contributed by atoms with Gasteiger partial charge in [0.05, 0.1) is 0 Å². The van der Waals surface area contributed by atoms with Crippen molar-refractivity contribution in [3.8, 4) is 0 Å². The zero-order valence-corrected chi connectivity index (χ0v) is 13.3. The van der Waals surface area contributed by atoms with Crippen molar-refractivity contribution in [3.63, 3.8) is 0 Å². The Morgan fingerprint density at radius 2 is 1.67 bits per heavy atom. The molecule has 0 atom stereocenters. The Morgan fingerprint density at radius 1 is 1.06 bits per heavy atom. The minimum absolute atomic E-state index is 0.518. The summed E-state index contributed by atoms with van der Waals surface area (Å²) in [5.74, 6) is 1.88. The maximum atomic E-state index is 3.64. The summed E-state index contributed by atoms with van der Waals surface area (Å²) >= 11 is 0. The van der Waals surface area contributed by atoms with Crippen LogP contribution in [0, 0.1) is 17.3 Å². The molecule has 0 spiro atoms. The molecular formula is C16H34N2. The van der Waals surface area contributed by atoms with E-state index in [0.717, 1.165) is 11.8 Å². The lowest BCUT2D eigenvalue weighted by atomic mass is 9.70. The third kappa shape index (κ3) is 6.19. The molecule has 2 heteroatoms. The molecule has 0 aliphatic heterocycles. The van der Waals surface area contributed by atoms with Crippen LogP contribution in [0.3, 0.4) is 0 Å². The van der Waals surface area contributed by atoms with Crippen LogP contribution in [0.2, 0.25) is 0 Å². The SMILES string of the molecule is CN(C)CCCNCC1CCC(C(C)(C)C)CC1. The predicted molar refractivity (Wildman–Crippen MR) is 80.9 cm³/mol. The molecule has 0 radical (unpaired) electrons. The molecule has 1 aliphatic carbocycles. The molecule has 0 aromatic rings. The molecular weight excluding hydrogens is 220 g/mol. The highest BCUT2D eigenvalue weighted by Crippen LogP contribution is 2.39. The van der Waals surface area contributed by atoms with Gasteiger partial charge in [-0.25, -0.2) is 0 Å². The first-order valence-electron chi connectivity index (χ1n) is 7.75. The lowest BCUT2D eigenvalue weighted by molar-refractivity contribution is 0.149. The van der Waals surface area contributed by atoms with E-state index in [-0.39, 0.29) is 0 Å². The summed E-state index contributed by atoms with van der Waals surface area (Å²) in [6.07, 6.45) is 7.01. The minimum atomic E-state index is 0.518. The molecule has 0 aromatic carbocycles. The first-order valence-corrected chi connectivity index (χ1v) is 7.75. The van der Waals surface area contributed by atoms with Crippen LogP contribution in [-0.4, -0.2) is 38.6 Å². The van der Waals surface area contributed by atoms with Crippen molar-refractivity contribution in [2.45, 2.75) is 52.9 Å². The number of hydrogen-bond acceptors (Lipinski definition) is 2. The van der Waals surface area contributed by atoms with Crippen LogP contribution in [0.5, 0.6) is 0 Å². The normalized spacial score (nSPS) is 25.7. The van der Waals surface area contributed by atoms with E-state index in [4.69, 9.17) is 0 Å². The predicted octanol–water partition coefficient (Wildman–Crippen LogP) is 3.38. The second kappa shape index (κ2) is 7.49. The highest BCUT2D eigenvalue weighted by atomic mass is 15.1. The molecule has 0 saturated heterocycles. The molecule has 0 amide bonds. The van der Waals surface area contributed by atoms with Gasteiger partial charge in [0.15, 0.2) is 0 Å². The number of nitrogens with one attached hydrogen (secondary N) is 1. The van der Waals surface area contributed by atoms with Crippen molar-refractivity contribution in [3.05, 3.63) is 0 Å². The molecule has 1 aliphatic rings. The molecule has 18 heavy (non-hydrogen) atoms. The highest BCUT2D eigenvalue weighted by molar-refractivity contribution is 4.81. The molecule has 0 aromatic heterocycles. The van der Waals surface area contributed by atoms with E-state index in [0.29, 0.717) is 5.41 Å². The summed E-state index contributed by atoms with van der Waals surface area (Å²) in [6, 6.07) is 0. The van der Waals surface area contributed by atoms with E-state index in [2.05, 4.69) is 45.1 Å². The van der Waals surface area contributed by atoms with Gasteiger partial charge in [-0.15, -0.1) is 0 Å². The van der Waals surface area contributed by atoms with E-state index >= 15 is 0 Å². The van der Waals surface area contributed by atoms with Gasteiger partial charge in [0.2, 0.25) is 0 Å². The standard InChI is InChI=1S/C16H34N2/c1-16(2,3)15-9-7-14(8-10-15)13-17-11-6-12-18(4)5/h14-15,17H,6-13H2,1-5H3. The second-order valence-electron chi connectivity index (χ2n) is 7.44. The quantitative estimate of drug-likeness (QED) is 0.731. The zero-order chi connectivity index (χ0) is 13.6. The second-order valence-corrected chi connectivity index (χ2v) is 7.44. The van der Waals surface area contributed by atoms with Crippen LogP contribution in [0.25, 0.3) is 0 Å². The monoisotopic (exact) mass is 254 g/mol. The molecule has 108 valence electrons. The fourth-order valence-corrected chi connectivity index (χ4v) is 3.06. The van der Waals surface area contributed by atoms with E-state index in [1.807, 2.05) is 0 Å². The molecule has 1 fully saturated rings. The van der Waals surface area contributed by atoms with Crippen molar-refractivity contribution in [2.75, 3.05) is 33.7 Å². The minimum Gasteiger partial charge on any atom is -0.316 e. The Bertz CT molecular complexity index is 210. The molecule has 2 nitrogen and oxygen atoms in total. The summed E-state index contributed by atoms with van der Waals surface area (Å²) < 4.78 is 0. The Kier molecular flexibility index (Phi) is 6.65. The highest BCUT2D eigenvalue weighted by Gasteiger charge is 2.29. The number of rotatable bonds is 6. The van der Waals surface area contributed by atoms with Crippen LogP contribution >= 0.6 is 0 Å². The first-order chi connectivity index (χ1) is 8.39. The molecule has 1 rings (SSSR count). The zero-order valence-electron chi connectivity index (χ0n) is 13.3. The Hall–Kier alpha value is -0.0800. The summed E-state index contributed by atoms with van der Waals surface area (Å²) in [5, 5.41) is 3.64. The lowest BCUT2D eigenvalue weighted by Gasteiger charge is -2.37. The Labute approximate surface area is 115 Å². The fourth-order valence-electron chi connectivity index (χ4n) is 3.06. The summed E-state index contributed by atoms with van der Waals surface area (Å²) in [5.41, 5.74) is 0.518. The third-order valence-corrected chi connectivity index (χ3v) is 4.46. The molecule has 1 saturated carbocycles. The van der Waals surface area contributed by atoms with Crippen LogP contribution in [-0.2, 0) is 0 Å². The van der Waals surface area contributed by atoms with Gasteiger partial charge in [0.25, 0.3) is 0 Å². The van der Waals surface area contributed by atoms with Gasteiger partial charge in [-0.05, 0) is 83.1 Å². The van der Waals surface area contributed by atoms with Gasteiger partial charge in [0.1, 0.15) is 0 Å². The van der Waals surface area contributed by atoms with Crippen molar-refractivity contribution in [1.29, 1.82) is 0 Å². The van der Waals surface area contributed by atoms with Crippen molar-refractivity contribution < 1.29 is 0 Å². The van der Waals surface area contributed by atoms with Gasteiger partial charge in [-0.2, -0.15) is 0 Å². The molecule has 0 heterocycles. The number of nitrogens with zero attached hydrogens (tertiary/aromatic N) is 1. The van der Waals surface area contributed by atoms with E-state index in [1.165, 1.54) is 51.7 Å². The molecule has 1 N–H and O–H groups in total. The van der Waals surface area contributed by atoms with Crippen LogP contribution in [0.15, 0.2) is 0 Å². The molecule has 0 bridgehead atoms. The summed E-state index contributed by atoms with van der Waals surface area (Å²) in [7, 11) is 4.29. The number of hydrogen-bond donors (Lipinski definition) is 1. The maximum Gasteiger partial charge on any atom is -0.00127 e. The van der Waals surface area contributed by atoms with E-state index in [9.17, 15) is 0 Å². The van der Waals surface area contributed by atoms with Crippen LogP contribution < -0.4 is 5.32 Å². The Morgan fingerprint density at radius 3 is 2.17 bits per heavy atom. The van der Waals surface area contributed by atoms with Crippen molar-refractivity contribution >= 4 is 0 Å². The maximum absolute atomic E-state index is 3.64. The Balaban J connectivity index is 2.06. The van der Waals surface area contributed by atoms with Gasteiger partial charge in [-0.1, -0.05) is 20.8 Å². The smallest absolute Gasteiger partial charge is 0.00127 e. The lowest BCUT2D eigenvalue weighted by Crippen LogP contribution is -2.31. The van der Waals surface area contributed by atoms with Gasteiger partial charge >= 0.3 is 0 Å². The van der Waals surface area contributed by atoms with E-state index < -0.39 is 0 Å². The van der Waals surface area contributed by atoms with Gasteiger partial charge in [-0.3, -0.25) is 0 Å². The third-order valence-electron chi connectivity index (χ3n) is 4.46. The first kappa shape index (κ1) is 16.0. The fraction of sp³-hybridized carbons (Fsp3) is 1.00. The average Bonchev–Trinajstić information content (AvgIpc) is 2.27. The van der Waals surface area contributed by atoms with E-state index in [1.54, 1.807) is 0 Å². The summed E-state index contributed by atoms with van der Waals surface area (Å²) in [4.78, 5) is 2.26. The molecule has 0 unspecified atom stereocenters. The largest absolute Gasteiger partial charge is 0.316 e. The van der Waals surface area contributed by atoms with Crippen molar-refractivity contribution in [1.82, 2.24) is 10.2 Å². The van der Waals surface area contributed by atoms with Gasteiger partial charge < -0.3 is 10.2 Å². The summed E-state index contributed by atoms with van der Waals surface area (Å²) in [6.45, 7) is 10.8.